The quantitative estimate of drug-likeness (QED) is 0.282. The van der Waals surface area contributed by atoms with Gasteiger partial charge in [-0.15, -0.1) is 0 Å². The van der Waals surface area contributed by atoms with Crippen molar-refractivity contribution < 1.29 is 0 Å². The second kappa shape index (κ2) is 9.72. The number of fused-ring (bicyclic) bond motifs is 2. The number of hydrogen-bond acceptors (Lipinski definition) is 3. The van der Waals surface area contributed by atoms with Crippen LogP contribution in [0.15, 0.2) is 29.2 Å². The van der Waals surface area contributed by atoms with Crippen LogP contribution in [0.5, 0.6) is 0 Å². The number of rotatable bonds is 7. The van der Waals surface area contributed by atoms with Crippen LogP contribution in [0.2, 0.25) is 0 Å². The number of anilines is 1. The molecule has 2 bridgehead atoms. The van der Waals surface area contributed by atoms with Crippen LogP contribution in [0.3, 0.4) is 0 Å². The average Bonchev–Trinajstić information content (AvgIpc) is 3.45. The van der Waals surface area contributed by atoms with Crippen LogP contribution >= 0.6 is 8.22 Å². The summed E-state index contributed by atoms with van der Waals surface area (Å²) in [6.45, 7) is 21.5. The summed E-state index contributed by atoms with van der Waals surface area (Å²) in [6.07, 6.45) is 4.16. The fraction of sp³-hybridized carbons (Fsp3) is 0.704. The third kappa shape index (κ3) is 4.25. The molecular formula is C27H43GeN3P. The fourth-order valence-electron chi connectivity index (χ4n) is 6.12. The van der Waals surface area contributed by atoms with Crippen LogP contribution in [0.1, 0.15) is 97.6 Å². The standard InChI is InChI=1S/C27H43GeN3P/c1-17(2)23-10-9-11-24(18(3)4)26(23)31(28)25-21-12-13-22(16-21)27(25)32-29(19(5)6)14-15-30(32)20(7)8/h9-11,17-22H,12-16H2,1-8H3/t21-,22+/m0/s1. The van der Waals surface area contributed by atoms with Gasteiger partial charge in [-0.1, -0.05) is 0 Å². The summed E-state index contributed by atoms with van der Waals surface area (Å²) in [7, 11) is -0.374. The van der Waals surface area contributed by atoms with Crippen molar-refractivity contribution in [2.24, 2.45) is 11.8 Å². The van der Waals surface area contributed by atoms with E-state index in [1.165, 1.54) is 49.2 Å². The van der Waals surface area contributed by atoms with Gasteiger partial charge < -0.3 is 0 Å². The molecule has 175 valence electrons. The topological polar surface area (TPSA) is 9.72 Å². The number of nitrogens with zero attached hydrogens (tertiary/aromatic N) is 3. The van der Waals surface area contributed by atoms with Gasteiger partial charge in [-0.2, -0.15) is 0 Å². The van der Waals surface area contributed by atoms with Gasteiger partial charge in [-0.05, 0) is 0 Å². The fourth-order valence-corrected chi connectivity index (χ4v) is 10.8. The molecule has 3 radical (unpaired) electrons. The first-order valence-corrected chi connectivity index (χ1v) is 15.0. The van der Waals surface area contributed by atoms with Gasteiger partial charge in [0.1, 0.15) is 0 Å². The number of benzene rings is 1. The van der Waals surface area contributed by atoms with E-state index in [4.69, 9.17) is 0 Å². The third-order valence-corrected chi connectivity index (χ3v) is 12.0. The van der Waals surface area contributed by atoms with Crippen molar-refractivity contribution in [1.82, 2.24) is 9.34 Å². The van der Waals surface area contributed by atoms with Crippen LogP contribution in [0.4, 0.5) is 5.69 Å². The summed E-state index contributed by atoms with van der Waals surface area (Å²) in [5, 5.41) is 1.83. The molecule has 32 heavy (non-hydrogen) atoms. The molecule has 1 aromatic rings. The second-order valence-corrected chi connectivity index (χ2v) is 14.2. The van der Waals surface area contributed by atoms with Crippen LogP contribution in [0, 0.1) is 11.8 Å². The van der Waals surface area contributed by atoms with E-state index in [-0.39, 0.29) is 8.22 Å². The summed E-state index contributed by atoms with van der Waals surface area (Å²) < 4.78 is 8.37. The molecule has 0 unspecified atom stereocenters. The van der Waals surface area contributed by atoms with Gasteiger partial charge in [0.15, 0.2) is 0 Å². The Balaban J connectivity index is 1.88. The summed E-state index contributed by atoms with van der Waals surface area (Å²) in [6, 6.07) is 8.24. The van der Waals surface area contributed by atoms with E-state index in [0.717, 1.165) is 11.8 Å². The summed E-state index contributed by atoms with van der Waals surface area (Å²) >= 11 is 2.40. The molecule has 2 fully saturated rings. The molecule has 2 atom stereocenters. The SMILES string of the molecule is CC(C)c1cccc(C(C)C)c1[N]([Ge])C1=C(P2N(C(C)C)CCN2C(C)C)[C@@H]2CC[C@H]1C2. The van der Waals surface area contributed by atoms with Crippen molar-refractivity contribution in [3.8, 4) is 0 Å². The van der Waals surface area contributed by atoms with Crippen LogP contribution < -0.4 is 3.86 Å². The molecule has 4 rings (SSSR count). The van der Waals surface area contributed by atoms with Gasteiger partial charge in [-0.3, -0.25) is 0 Å². The molecule has 0 spiro atoms. The van der Waals surface area contributed by atoms with Crippen LogP contribution in [-0.2, 0) is 0 Å². The Morgan fingerprint density at radius 3 is 1.81 bits per heavy atom. The molecule has 1 saturated carbocycles. The van der Waals surface area contributed by atoms with Gasteiger partial charge in [0.2, 0.25) is 0 Å². The number of hydrogen-bond donors (Lipinski definition) is 0. The zero-order valence-electron chi connectivity index (χ0n) is 21.5. The van der Waals surface area contributed by atoms with Gasteiger partial charge >= 0.3 is 208 Å². The first-order valence-electron chi connectivity index (χ1n) is 12.8. The molecule has 1 aromatic carbocycles. The minimum absolute atomic E-state index is 0.374. The maximum absolute atomic E-state index is 2.84. The van der Waals surface area contributed by atoms with Crippen molar-refractivity contribution in [1.29, 1.82) is 0 Å². The molecule has 1 heterocycles. The molecule has 1 saturated heterocycles. The Hall–Kier alpha value is -0.347. The van der Waals surface area contributed by atoms with E-state index in [1.54, 1.807) is 5.70 Å². The first-order chi connectivity index (χ1) is 15.1. The molecule has 3 nitrogen and oxygen atoms in total. The minimum atomic E-state index is -0.374. The van der Waals surface area contributed by atoms with Crippen molar-refractivity contribution in [3.63, 3.8) is 0 Å². The maximum atomic E-state index is 2.84. The van der Waals surface area contributed by atoms with Crippen molar-refractivity contribution in [2.45, 2.75) is 98.6 Å². The zero-order valence-corrected chi connectivity index (χ0v) is 24.5. The second-order valence-electron chi connectivity index (χ2n) is 11.2. The molecule has 2 aliphatic carbocycles. The predicted molar refractivity (Wildman–Crippen MR) is 141 cm³/mol. The summed E-state index contributed by atoms with van der Waals surface area (Å²) in [5.74, 6) is 2.60. The van der Waals surface area contributed by atoms with Gasteiger partial charge in [0, 0.05) is 0 Å². The van der Waals surface area contributed by atoms with Crippen LogP contribution in [-0.4, -0.2) is 51.3 Å². The Bertz CT molecular complexity index is 820. The molecule has 0 N–H and O–H groups in total. The van der Waals surface area contributed by atoms with Gasteiger partial charge in [0.05, 0.1) is 0 Å². The number of allylic oxidation sites excluding steroid dienone is 2. The molecule has 0 amide bonds. The summed E-state index contributed by atoms with van der Waals surface area (Å²) in [4.78, 5) is 0. The monoisotopic (exact) mass is 514 g/mol. The van der Waals surface area contributed by atoms with Gasteiger partial charge in [0.25, 0.3) is 0 Å². The number of para-hydroxylation sites is 1. The van der Waals surface area contributed by atoms with E-state index in [2.05, 4.69) is 104 Å². The van der Waals surface area contributed by atoms with Crippen LogP contribution in [0.25, 0.3) is 0 Å². The van der Waals surface area contributed by atoms with E-state index in [9.17, 15) is 0 Å². The van der Waals surface area contributed by atoms with E-state index < -0.39 is 0 Å². The van der Waals surface area contributed by atoms with Gasteiger partial charge in [-0.25, -0.2) is 0 Å². The van der Waals surface area contributed by atoms with E-state index in [0.29, 0.717) is 23.9 Å². The molecule has 1 aliphatic heterocycles. The van der Waals surface area contributed by atoms with E-state index >= 15 is 0 Å². The Labute approximate surface area is 207 Å². The van der Waals surface area contributed by atoms with E-state index in [1.807, 2.05) is 5.31 Å². The van der Waals surface area contributed by atoms with Crippen molar-refractivity contribution in [3.05, 3.63) is 40.3 Å². The van der Waals surface area contributed by atoms with Crippen molar-refractivity contribution >= 4 is 30.6 Å². The van der Waals surface area contributed by atoms with Crippen molar-refractivity contribution in [2.75, 3.05) is 16.9 Å². The molecular weight excluding hydrogens is 470 g/mol. The Morgan fingerprint density at radius 2 is 1.34 bits per heavy atom. The normalized spacial score (nSPS) is 25.0. The summed E-state index contributed by atoms with van der Waals surface area (Å²) in [5.41, 5.74) is 6.21. The predicted octanol–water partition coefficient (Wildman–Crippen LogP) is 7.21. The molecule has 5 heteroatoms. The zero-order chi connectivity index (χ0) is 23.3. The molecule has 0 aromatic heterocycles. The average molecular weight is 513 g/mol. The Morgan fingerprint density at radius 1 is 0.844 bits per heavy atom. The molecule has 3 aliphatic rings. The third-order valence-electron chi connectivity index (χ3n) is 7.73. The first kappa shape index (κ1) is 24.8. The Kier molecular flexibility index (Phi) is 7.52.